The zero-order chi connectivity index (χ0) is 15.6. The Balaban J connectivity index is 1.53. The van der Waals surface area contributed by atoms with E-state index in [0.717, 1.165) is 43.1 Å². The molecule has 3 aromatic heterocycles. The van der Waals surface area contributed by atoms with Gasteiger partial charge in [0.2, 0.25) is 0 Å². The summed E-state index contributed by atoms with van der Waals surface area (Å²) in [5, 5.41) is 4.23. The summed E-state index contributed by atoms with van der Waals surface area (Å²) in [7, 11) is 1.98. The molecule has 6 heteroatoms. The first-order valence-electron chi connectivity index (χ1n) is 7.74. The number of rotatable bonds is 3. The second-order valence-electron chi connectivity index (χ2n) is 5.81. The first kappa shape index (κ1) is 14.0. The highest BCUT2D eigenvalue weighted by atomic mass is 15.3. The zero-order valence-corrected chi connectivity index (χ0v) is 13.1. The Morgan fingerprint density at radius 2 is 2.00 bits per heavy atom. The van der Waals surface area contributed by atoms with Crippen LogP contribution in [0.3, 0.4) is 0 Å². The van der Waals surface area contributed by atoms with Crippen LogP contribution in [-0.4, -0.2) is 36.2 Å². The molecule has 6 nitrogen and oxygen atoms in total. The molecule has 4 heterocycles. The van der Waals surface area contributed by atoms with Gasteiger partial charge < -0.3 is 0 Å². The van der Waals surface area contributed by atoms with E-state index in [1.165, 1.54) is 11.3 Å². The summed E-state index contributed by atoms with van der Waals surface area (Å²) in [6.45, 7) is 2.80. The van der Waals surface area contributed by atoms with Gasteiger partial charge in [0.15, 0.2) is 5.82 Å². The minimum atomic E-state index is 0.784. The van der Waals surface area contributed by atoms with Gasteiger partial charge in [-0.1, -0.05) is 0 Å². The number of fused-ring (bicyclic) bond motifs is 1. The van der Waals surface area contributed by atoms with Crippen molar-refractivity contribution in [2.24, 2.45) is 7.05 Å². The smallest absolute Gasteiger partial charge is 0.159 e. The van der Waals surface area contributed by atoms with Gasteiger partial charge in [0.1, 0.15) is 0 Å². The molecule has 0 bridgehead atoms. The molecule has 0 aromatic carbocycles. The first-order valence-corrected chi connectivity index (χ1v) is 7.74. The third kappa shape index (κ3) is 2.85. The third-order valence-electron chi connectivity index (χ3n) is 4.26. The van der Waals surface area contributed by atoms with Crippen molar-refractivity contribution >= 4 is 0 Å². The molecule has 23 heavy (non-hydrogen) atoms. The summed E-state index contributed by atoms with van der Waals surface area (Å²) in [5.74, 6) is 0.784. The summed E-state index contributed by atoms with van der Waals surface area (Å²) in [6.07, 6.45) is 8.31. The Kier molecular flexibility index (Phi) is 3.59. The Morgan fingerprint density at radius 1 is 1.13 bits per heavy atom. The highest BCUT2D eigenvalue weighted by molar-refractivity contribution is 5.54. The molecule has 0 atom stereocenters. The summed E-state index contributed by atoms with van der Waals surface area (Å²) in [5.41, 5.74) is 4.62. The molecule has 0 spiro atoms. The molecule has 0 fully saturated rings. The number of aryl methyl sites for hydroxylation is 1. The minimum absolute atomic E-state index is 0.784. The molecule has 0 aliphatic carbocycles. The number of hydrogen-bond donors (Lipinski definition) is 0. The van der Waals surface area contributed by atoms with Crippen molar-refractivity contribution in [1.82, 2.24) is 29.6 Å². The van der Waals surface area contributed by atoms with Crippen molar-refractivity contribution < 1.29 is 0 Å². The summed E-state index contributed by atoms with van der Waals surface area (Å²) < 4.78 is 1.93. The van der Waals surface area contributed by atoms with Crippen LogP contribution in [0.2, 0.25) is 0 Å². The van der Waals surface area contributed by atoms with Crippen LogP contribution in [-0.2, 0) is 26.6 Å². The van der Waals surface area contributed by atoms with Gasteiger partial charge >= 0.3 is 0 Å². The molecule has 116 valence electrons. The lowest BCUT2D eigenvalue weighted by Crippen LogP contribution is -2.31. The molecule has 0 saturated carbocycles. The highest BCUT2D eigenvalue weighted by Gasteiger charge is 2.19. The van der Waals surface area contributed by atoms with Crippen LogP contribution in [0.4, 0.5) is 0 Å². The Morgan fingerprint density at radius 3 is 2.78 bits per heavy atom. The predicted octanol–water partition coefficient (Wildman–Crippen LogP) is 1.83. The van der Waals surface area contributed by atoms with Crippen molar-refractivity contribution in [2.75, 3.05) is 6.54 Å². The molecule has 3 aromatic rings. The van der Waals surface area contributed by atoms with Gasteiger partial charge in [-0.05, 0) is 18.2 Å². The second-order valence-corrected chi connectivity index (χ2v) is 5.81. The van der Waals surface area contributed by atoms with Crippen molar-refractivity contribution in [1.29, 1.82) is 0 Å². The van der Waals surface area contributed by atoms with Gasteiger partial charge in [0, 0.05) is 69.0 Å². The quantitative estimate of drug-likeness (QED) is 0.739. The van der Waals surface area contributed by atoms with Crippen molar-refractivity contribution in [3.05, 3.63) is 59.9 Å². The average molecular weight is 306 g/mol. The number of nitrogens with zero attached hydrogens (tertiary/aromatic N) is 6. The number of aromatic nitrogens is 5. The van der Waals surface area contributed by atoms with E-state index in [0.29, 0.717) is 0 Å². The fraction of sp³-hybridized carbons (Fsp3) is 0.294. The van der Waals surface area contributed by atoms with Crippen molar-refractivity contribution in [3.8, 4) is 11.4 Å². The standard InChI is InChI=1S/C17H18N6/c1-22-15(4-8-20-22)12-23-9-5-16-14(11-23)10-19-17(21-16)13-2-6-18-7-3-13/h2-4,6-8,10H,5,9,11-12H2,1H3. The first-order chi connectivity index (χ1) is 11.3. The van der Waals surface area contributed by atoms with E-state index in [4.69, 9.17) is 4.98 Å². The lowest BCUT2D eigenvalue weighted by Gasteiger charge is -2.27. The Bertz CT molecular complexity index is 811. The van der Waals surface area contributed by atoms with Crippen LogP contribution in [0.1, 0.15) is 17.0 Å². The lowest BCUT2D eigenvalue weighted by molar-refractivity contribution is 0.236. The second kappa shape index (κ2) is 5.89. The summed E-state index contributed by atoms with van der Waals surface area (Å²) in [4.78, 5) is 15.7. The van der Waals surface area contributed by atoms with Crippen LogP contribution in [0.5, 0.6) is 0 Å². The molecule has 4 rings (SSSR count). The topological polar surface area (TPSA) is 59.7 Å². The van der Waals surface area contributed by atoms with Crippen LogP contribution in [0, 0.1) is 0 Å². The molecule has 1 aliphatic rings. The Hall–Kier alpha value is -2.60. The third-order valence-corrected chi connectivity index (χ3v) is 4.26. The van der Waals surface area contributed by atoms with Gasteiger partial charge in [-0.15, -0.1) is 0 Å². The predicted molar refractivity (Wildman–Crippen MR) is 86.3 cm³/mol. The Labute approximate surface area is 134 Å². The van der Waals surface area contributed by atoms with E-state index in [9.17, 15) is 0 Å². The van der Waals surface area contributed by atoms with E-state index in [1.54, 1.807) is 12.4 Å². The maximum Gasteiger partial charge on any atom is 0.159 e. The van der Waals surface area contributed by atoms with Crippen molar-refractivity contribution in [3.63, 3.8) is 0 Å². The van der Waals surface area contributed by atoms with E-state index in [1.807, 2.05) is 36.3 Å². The molecular weight excluding hydrogens is 288 g/mol. The van der Waals surface area contributed by atoms with E-state index in [2.05, 4.69) is 26.0 Å². The van der Waals surface area contributed by atoms with Crippen molar-refractivity contribution in [2.45, 2.75) is 19.5 Å². The molecule has 0 N–H and O–H groups in total. The van der Waals surface area contributed by atoms with Gasteiger partial charge in [-0.25, -0.2) is 9.97 Å². The van der Waals surface area contributed by atoms with Gasteiger partial charge in [-0.2, -0.15) is 5.10 Å². The monoisotopic (exact) mass is 306 g/mol. The molecule has 0 amide bonds. The van der Waals surface area contributed by atoms with Crippen LogP contribution in [0.25, 0.3) is 11.4 Å². The fourth-order valence-electron chi connectivity index (χ4n) is 2.94. The minimum Gasteiger partial charge on any atom is -0.293 e. The summed E-state index contributed by atoms with van der Waals surface area (Å²) >= 11 is 0. The van der Waals surface area contributed by atoms with Crippen LogP contribution >= 0.6 is 0 Å². The normalized spacial score (nSPS) is 14.7. The van der Waals surface area contributed by atoms with E-state index < -0.39 is 0 Å². The van der Waals surface area contributed by atoms with E-state index in [-0.39, 0.29) is 0 Å². The fourth-order valence-corrected chi connectivity index (χ4v) is 2.94. The number of hydrogen-bond acceptors (Lipinski definition) is 5. The van der Waals surface area contributed by atoms with Gasteiger partial charge in [-0.3, -0.25) is 14.6 Å². The zero-order valence-electron chi connectivity index (χ0n) is 13.1. The maximum atomic E-state index is 4.75. The average Bonchev–Trinajstić information content (AvgIpc) is 3.00. The SMILES string of the molecule is Cn1nccc1CN1CCc2nc(-c3ccncc3)ncc2C1. The van der Waals surface area contributed by atoms with Crippen LogP contribution in [0.15, 0.2) is 43.0 Å². The molecule has 0 unspecified atom stereocenters. The van der Waals surface area contributed by atoms with E-state index >= 15 is 0 Å². The molecular formula is C17H18N6. The maximum absolute atomic E-state index is 4.75. The summed E-state index contributed by atoms with van der Waals surface area (Å²) in [6, 6.07) is 5.96. The molecule has 1 aliphatic heterocycles. The highest BCUT2D eigenvalue weighted by Crippen LogP contribution is 2.21. The van der Waals surface area contributed by atoms with Gasteiger partial charge in [0.25, 0.3) is 0 Å². The van der Waals surface area contributed by atoms with Gasteiger partial charge in [0.05, 0.1) is 11.4 Å². The largest absolute Gasteiger partial charge is 0.293 e. The van der Waals surface area contributed by atoms with Crippen LogP contribution < -0.4 is 0 Å². The molecule has 0 radical (unpaired) electrons. The molecule has 0 saturated heterocycles. The number of pyridine rings is 1. The lowest BCUT2D eigenvalue weighted by atomic mass is 10.1.